The van der Waals surface area contributed by atoms with E-state index in [9.17, 15) is 0 Å². The van der Waals surface area contributed by atoms with Crippen molar-refractivity contribution in [2.24, 2.45) is 11.8 Å². The second-order valence-electron chi connectivity index (χ2n) is 5.70. The highest BCUT2D eigenvalue weighted by Crippen LogP contribution is 2.37. The van der Waals surface area contributed by atoms with E-state index >= 15 is 0 Å². The van der Waals surface area contributed by atoms with Gasteiger partial charge in [0.15, 0.2) is 5.82 Å². The summed E-state index contributed by atoms with van der Waals surface area (Å²) in [4.78, 5) is 10.5. The van der Waals surface area contributed by atoms with Crippen molar-refractivity contribution in [3.05, 3.63) is 16.5 Å². The van der Waals surface area contributed by atoms with Gasteiger partial charge in [0.2, 0.25) is 5.28 Å². The first-order valence-electron chi connectivity index (χ1n) is 7.17. The summed E-state index contributed by atoms with van der Waals surface area (Å²) in [7, 11) is 0. The van der Waals surface area contributed by atoms with Crippen molar-refractivity contribution in [3.8, 4) is 0 Å². The molecule has 104 valence electrons. The molecule has 1 atom stereocenters. The number of hydrogen-bond donors (Lipinski definition) is 0. The van der Waals surface area contributed by atoms with Crippen molar-refractivity contribution in [1.29, 1.82) is 0 Å². The summed E-state index contributed by atoms with van der Waals surface area (Å²) in [6.45, 7) is 2.10. The Balaban J connectivity index is 1.69. The van der Waals surface area contributed by atoms with Crippen LogP contribution in [-0.4, -0.2) is 23.1 Å². The molecule has 2 fully saturated rings. The Morgan fingerprint density at radius 3 is 2.63 bits per heavy atom. The van der Waals surface area contributed by atoms with E-state index in [4.69, 9.17) is 23.2 Å². The van der Waals surface area contributed by atoms with Gasteiger partial charge in [-0.05, 0) is 29.9 Å². The average Bonchev–Trinajstić information content (AvgIpc) is 2.92. The van der Waals surface area contributed by atoms with E-state index in [1.54, 1.807) is 6.20 Å². The summed E-state index contributed by atoms with van der Waals surface area (Å²) in [6, 6.07) is 0. The van der Waals surface area contributed by atoms with Crippen LogP contribution in [-0.2, 0) is 0 Å². The summed E-state index contributed by atoms with van der Waals surface area (Å²) in [5.74, 6) is 2.50. The minimum Gasteiger partial charge on any atom is -0.355 e. The highest BCUT2D eigenvalue weighted by Gasteiger charge is 2.31. The minimum atomic E-state index is 0.278. The Labute approximate surface area is 124 Å². The van der Waals surface area contributed by atoms with Crippen LogP contribution in [0.3, 0.4) is 0 Å². The highest BCUT2D eigenvalue weighted by molar-refractivity contribution is 6.33. The van der Waals surface area contributed by atoms with E-state index in [0.717, 1.165) is 30.7 Å². The number of anilines is 1. The normalized spacial score (nSPS) is 24.9. The molecular formula is C14H19Cl2N3. The van der Waals surface area contributed by atoms with Crippen LogP contribution >= 0.6 is 23.2 Å². The van der Waals surface area contributed by atoms with Crippen molar-refractivity contribution in [1.82, 2.24) is 9.97 Å². The first-order valence-corrected chi connectivity index (χ1v) is 7.92. The van der Waals surface area contributed by atoms with Gasteiger partial charge in [-0.25, -0.2) is 4.98 Å². The van der Waals surface area contributed by atoms with Gasteiger partial charge in [-0.15, -0.1) is 0 Å². The fourth-order valence-corrected chi connectivity index (χ4v) is 3.87. The lowest BCUT2D eigenvalue weighted by atomic mass is 9.80. The van der Waals surface area contributed by atoms with Crippen LogP contribution in [0.25, 0.3) is 0 Å². The van der Waals surface area contributed by atoms with Crippen LogP contribution in [0.1, 0.15) is 38.5 Å². The van der Waals surface area contributed by atoms with E-state index in [1.165, 1.54) is 38.5 Å². The number of nitrogens with zero attached hydrogens (tertiary/aromatic N) is 3. The molecule has 1 saturated carbocycles. The average molecular weight is 300 g/mol. The van der Waals surface area contributed by atoms with Gasteiger partial charge < -0.3 is 4.90 Å². The molecule has 1 aromatic heterocycles. The molecular weight excluding hydrogens is 281 g/mol. The number of rotatable bonds is 2. The second kappa shape index (κ2) is 5.84. The maximum Gasteiger partial charge on any atom is 0.224 e. The summed E-state index contributed by atoms with van der Waals surface area (Å²) in [5.41, 5.74) is 0. The fourth-order valence-electron chi connectivity index (χ4n) is 3.53. The maximum absolute atomic E-state index is 6.18. The molecule has 3 rings (SSSR count). The van der Waals surface area contributed by atoms with E-state index < -0.39 is 0 Å². The summed E-state index contributed by atoms with van der Waals surface area (Å²) in [5, 5.41) is 0.884. The smallest absolute Gasteiger partial charge is 0.224 e. The first-order chi connectivity index (χ1) is 9.24. The molecule has 1 aliphatic carbocycles. The van der Waals surface area contributed by atoms with E-state index in [2.05, 4.69) is 14.9 Å². The molecule has 5 heteroatoms. The Kier molecular flexibility index (Phi) is 4.13. The quantitative estimate of drug-likeness (QED) is 0.767. The van der Waals surface area contributed by atoms with Crippen molar-refractivity contribution in [3.63, 3.8) is 0 Å². The van der Waals surface area contributed by atoms with Crippen LogP contribution in [0.5, 0.6) is 0 Å². The zero-order valence-corrected chi connectivity index (χ0v) is 12.5. The molecule has 0 N–H and O–H groups in total. The van der Waals surface area contributed by atoms with Gasteiger partial charge in [-0.3, -0.25) is 0 Å². The van der Waals surface area contributed by atoms with E-state index in [-0.39, 0.29) is 5.28 Å². The fraction of sp³-hybridized carbons (Fsp3) is 0.714. The predicted octanol–water partition coefficient (Wildman–Crippen LogP) is 4.19. The standard InChI is InChI=1S/C14H19Cl2N3/c15-12-8-17-14(16)18-13(12)19-7-6-11(9-19)10-4-2-1-3-5-10/h8,10-11H,1-7,9H2. The van der Waals surface area contributed by atoms with Crippen LogP contribution in [0.15, 0.2) is 6.20 Å². The minimum absolute atomic E-state index is 0.278. The molecule has 3 nitrogen and oxygen atoms in total. The monoisotopic (exact) mass is 299 g/mol. The zero-order chi connectivity index (χ0) is 13.2. The Hall–Kier alpha value is -0.540. The van der Waals surface area contributed by atoms with Gasteiger partial charge in [-0.1, -0.05) is 43.7 Å². The molecule has 1 unspecified atom stereocenters. The van der Waals surface area contributed by atoms with Crippen molar-refractivity contribution in [2.75, 3.05) is 18.0 Å². The molecule has 2 heterocycles. The molecule has 0 amide bonds. The molecule has 0 aromatic carbocycles. The topological polar surface area (TPSA) is 29.0 Å². The van der Waals surface area contributed by atoms with E-state index in [0.29, 0.717) is 5.02 Å². The van der Waals surface area contributed by atoms with E-state index in [1.807, 2.05) is 0 Å². The molecule has 0 bridgehead atoms. The van der Waals surface area contributed by atoms with Gasteiger partial charge in [0.05, 0.1) is 6.20 Å². The van der Waals surface area contributed by atoms with Crippen LogP contribution < -0.4 is 4.90 Å². The maximum atomic E-state index is 6.18. The van der Waals surface area contributed by atoms with Crippen molar-refractivity contribution >= 4 is 29.0 Å². The second-order valence-corrected chi connectivity index (χ2v) is 6.45. The van der Waals surface area contributed by atoms with Crippen LogP contribution in [0.4, 0.5) is 5.82 Å². The van der Waals surface area contributed by atoms with Gasteiger partial charge >= 0.3 is 0 Å². The van der Waals surface area contributed by atoms with Crippen molar-refractivity contribution in [2.45, 2.75) is 38.5 Å². The highest BCUT2D eigenvalue weighted by atomic mass is 35.5. The lowest BCUT2D eigenvalue weighted by molar-refractivity contribution is 0.264. The molecule has 1 saturated heterocycles. The van der Waals surface area contributed by atoms with Gasteiger partial charge in [0, 0.05) is 13.1 Å². The lowest BCUT2D eigenvalue weighted by Crippen LogP contribution is -2.25. The number of halogens is 2. The molecule has 1 aromatic rings. The summed E-state index contributed by atoms with van der Waals surface area (Å²) >= 11 is 12.1. The Bertz CT molecular complexity index is 446. The largest absolute Gasteiger partial charge is 0.355 e. The van der Waals surface area contributed by atoms with Crippen molar-refractivity contribution < 1.29 is 0 Å². The van der Waals surface area contributed by atoms with Gasteiger partial charge in [0.25, 0.3) is 0 Å². The van der Waals surface area contributed by atoms with Gasteiger partial charge in [0.1, 0.15) is 5.02 Å². The molecule has 19 heavy (non-hydrogen) atoms. The number of aromatic nitrogens is 2. The zero-order valence-electron chi connectivity index (χ0n) is 11.0. The number of hydrogen-bond acceptors (Lipinski definition) is 3. The molecule has 2 aliphatic rings. The third-order valence-corrected chi connectivity index (χ3v) is 4.99. The van der Waals surface area contributed by atoms with Crippen LogP contribution in [0.2, 0.25) is 10.3 Å². The molecule has 0 radical (unpaired) electrons. The van der Waals surface area contributed by atoms with Crippen LogP contribution in [0, 0.1) is 11.8 Å². The lowest BCUT2D eigenvalue weighted by Gasteiger charge is -2.27. The first kappa shape index (κ1) is 13.4. The summed E-state index contributed by atoms with van der Waals surface area (Å²) < 4.78 is 0. The summed E-state index contributed by atoms with van der Waals surface area (Å²) in [6.07, 6.45) is 9.87. The Morgan fingerprint density at radius 1 is 1.05 bits per heavy atom. The SMILES string of the molecule is Clc1ncc(Cl)c(N2CCC(C3CCCCC3)C2)n1. The molecule has 0 spiro atoms. The third-order valence-electron chi connectivity index (χ3n) is 4.54. The van der Waals surface area contributed by atoms with Gasteiger partial charge in [-0.2, -0.15) is 4.98 Å². The predicted molar refractivity (Wildman–Crippen MR) is 78.9 cm³/mol. The Morgan fingerprint density at radius 2 is 1.84 bits per heavy atom. The molecule has 1 aliphatic heterocycles. The third kappa shape index (κ3) is 2.97.